The summed E-state index contributed by atoms with van der Waals surface area (Å²) in [5.41, 5.74) is 1.82. The minimum Gasteiger partial charge on any atom is -0.497 e. The van der Waals surface area contributed by atoms with Gasteiger partial charge >= 0.3 is 0 Å². The maximum atomic E-state index is 11.9. The standard InChI is InChI=1S/C13H13BrClNO2/c1-16-12(6-5-11(15)13(16)17)9-4-3-8(18-2)7-10(9)14/h3-4,6-7,11H,5H2,1-2H3. The number of carbonyl (C=O) groups is 1. The number of ether oxygens (including phenoxy) is 1. The molecule has 1 aliphatic rings. The van der Waals surface area contributed by atoms with E-state index in [-0.39, 0.29) is 5.91 Å². The molecule has 1 unspecified atom stereocenters. The smallest absolute Gasteiger partial charge is 0.245 e. The van der Waals surface area contributed by atoms with E-state index in [4.69, 9.17) is 16.3 Å². The van der Waals surface area contributed by atoms with Crippen molar-refractivity contribution in [2.45, 2.75) is 11.8 Å². The fourth-order valence-electron chi connectivity index (χ4n) is 1.90. The Morgan fingerprint density at radius 2 is 2.22 bits per heavy atom. The van der Waals surface area contributed by atoms with Gasteiger partial charge in [-0.2, -0.15) is 0 Å². The van der Waals surface area contributed by atoms with Crippen molar-refractivity contribution in [1.29, 1.82) is 0 Å². The topological polar surface area (TPSA) is 29.5 Å². The van der Waals surface area contributed by atoms with E-state index in [1.807, 2.05) is 24.3 Å². The molecule has 0 saturated carbocycles. The van der Waals surface area contributed by atoms with E-state index in [1.165, 1.54) is 0 Å². The maximum absolute atomic E-state index is 11.9. The van der Waals surface area contributed by atoms with E-state index in [0.29, 0.717) is 6.42 Å². The SMILES string of the molecule is COc1ccc(C2=CCC(Cl)C(=O)N2C)c(Br)c1. The predicted octanol–water partition coefficient (Wildman–Crippen LogP) is 3.27. The van der Waals surface area contributed by atoms with Crippen molar-refractivity contribution in [2.75, 3.05) is 14.2 Å². The summed E-state index contributed by atoms with van der Waals surface area (Å²) < 4.78 is 6.04. The summed E-state index contributed by atoms with van der Waals surface area (Å²) in [6.45, 7) is 0. The van der Waals surface area contributed by atoms with Gasteiger partial charge < -0.3 is 9.64 Å². The third-order valence-corrected chi connectivity index (χ3v) is 3.95. The second kappa shape index (κ2) is 5.33. The first-order valence-electron chi connectivity index (χ1n) is 5.50. The lowest BCUT2D eigenvalue weighted by atomic mass is 10.0. The van der Waals surface area contributed by atoms with Crippen LogP contribution in [0.25, 0.3) is 5.70 Å². The molecule has 0 N–H and O–H groups in total. The number of methoxy groups -OCH3 is 1. The minimum atomic E-state index is -0.462. The number of allylic oxidation sites excluding steroid dienone is 1. The molecule has 0 bridgehead atoms. The molecule has 2 rings (SSSR count). The molecule has 1 amide bonds. The molecule has 1 heterocycles. The first kappa shape index (κ1) is 13.4. The van der Waals surface area contributed by atoms with Crippen molar-refractivity contribution in [2.24, 2.45) is 0 Å². The van der Waals surface area contributed by atoms with Crippen LogP contribution in [0.3, 0.4) is 0 Å². The summed E-state index contributed by atoms with van der Waals surface area (Å²) in [6.07, 6.45) is 2.53. The van der Waals surface area contributed by atoms with E-state index in [0.717, 1.165) is 21.5 Å². The highest BCUT2D eigenvalue weighted by atomic mass is 79.9. The van der Waals surface area contributed by atoms with Crippen molar-refractivity contribution in [3.05, 3.63) is 34.3 Å². The zero-order valence-corrected chi connectivity index (χ0v) is 12.5. The molecule has 0 aliphatic carbocycles. The van der Waals surface area contributed by atoms with Crippen LogP contribution in [-0.2, 0) is 4.79 Å². The first-order chi connectivity index (χ1) is 8.54. The number of hydrogen-bond acceptors (Lipinski definition) is 2. The molecule has 1 aliphatic heterocycles. The maximum Gasteiger partial charge on any atom is 0.245 e. The molecule has 1 aromatic carbocycles. The van der Waals surface area contributed by atoms with Crippen molar-refractivity contribution in [3.63, 3.8) is 0 Å². The van der Waals surface area contributed by atoms with E-state index in [9.17, 15) is 4.79 Å². The van der Waals surface area contributed by atoms with E-state index >= 15 is 0 Å². The number of carbonyl (C=O) groups excluding carboxylic acids is 1. The molecular formula is C13H13BrClNO2. The molecule has 1 atom stereocenters. The molecule has 3 nitrogen and oxygen atoms in total. The predicted molar refractivity (Wildman–Crippen MR) is 75.7 cm³/mol. The van der Waals surface area contributed by atoms with Crippen LogP contribution in [0, 0.1) is 0 Å². The molecule has 0 radical (unpaired) electrons. The first-order valence-corrected chi connectivity index (χ1v) is 6.73. The number of hydrogen-bond donors (Lipinski definition) is 0. The van der Waals surface area contributed by atoms with Gasteiger partial charge in [0.25, 0.3) is 0 Å². The van der Waals surface area contributed by atoms with E-state index in [1.54, 1.807) is 19.1 Å². The van der Waals surface area contributed by atoms with Crippen LogP contribution < -0.4 is 4.74 Å². The summed E-state index contributed by atoms with van der Waals surface area (Å²) in [4.78, 5) is 13.4. The average Bonchev–Trinajstić information content (AvgIpc) is 2.37. The second-order valence-corrected chi connectivity index (χ2v) is 5.42. The average molecular weight is 331 g/mol. The molecule has 0 saturated heterocycles. The number of nitrogens with zero attached hydrogens (tertiary/aromatic N) is 1. The van der Waals surface area contributed by atoms with Crippen LogP contribution in [0.2, 0.25) is 0 Å². The van der Waals surface area contributed by atoms with Gasteiger partial charge in [0.15, 0.2) is 0 Å². The summed E-state index contributed by atoms with van der Waals surface area (Å²) >= 11 is 9.43. The molecule has 5 heteroatoms. The Morgan fingerprint density at radius 3 is 2.83 bits per heavy atom. The van der Waals surface area contributed by atoms with Crippen molar-refractivity contribution in [3.8, 4) is 5.75 Å². The summed E-state index contributed by atoms with van der Waals surface area (Å²) in [7, 11) is 3.36. The highest BCUT2D eigenvalue weighted by Crippen LogP contribution is 2.33. The van der Waals surface area contributed by atoms with Gasteiger partial charge in [0.05, 0.1) is 7.11 Å². The van der Waals surface area contributed by atoms with Crippen LogP contribution in [0.1, 0.15) is 12.0 Å². The van der Waals surface area contributed by atoms with Gasteiger partial charge in [0.1, 0.15) is 11.1 Å². The number of benzene rings is 1. The third kappa shape index (κ3) is 2.40. The quantitative estimate of drug-likeness (QED) is 0.779. The fourth-order valence-corrected chi connectivity index (χ4v) is 2.70. The zero-order chi connectivity index (χ0) is 13.3. The lowest BCUT2D eigenvalue weighted by Gasteiger charge is -2.28. The van der Waals surface area contributed by atoms with Gasteiger partial charge in [-0.15, -0.1) is 11.6 Å². The summed E-state index contributed by atoms with van der Waals surface area (Å²) in [5.74, 6) is 0.697. The summed E-state index contributed by atoms with van der Waals surface area (Å²) in [6, 6.07) is 5.67. The number of halogens is 2. The third-order valence-electron chi connectivity index (χ3n) is 2.93. The van der Waals surface area contributed by atoms with Gasteiger partial charge in [-0.25, -0.2) is 0 Å². The van der Waals surface area contributed by atoms with Crippen LogP contribution in [0.5, 0.6) is 5.75 Å². The zero-order valence-electron chi connectivity index (χ0n) is 10.1. The molecule has 0 aromatic heterocycles. The Bertz CT molecular complexity index is 516. The fraction of sp³-hybridized carbons (Fsp3) is 0.308. The lowest BCUT2D eigenvalue weighted by molar-refractivity contribution is -0.126. The number of amides is 1. The number of alkyl halides is 1. The minimum absolute atomic E-state index is 0.0723. The largest absolute Gasteiger partial charge is 0.497 e. The second-order valence-electron chi connectivity index (χ2n) is 4.04. The lowest BCUT2D eigenvalue weighted by Crippen LogP contribution is -2.35. The summed E-state index contributed by atoms with van der Waals surface area (Å²) in [5, 5.41) is -0.462. The molecule has 0 spiro atoms. The Hall–Kier alpha value is -1.00. The van der Waals surface area contributed by atoms with Crippen LogP contribution >= 0.6 is 27.5 Å². The van der Waals surface area contributed by atoms with Crippen molar-refractivity contribution in [1.82, 2.24) is 4.90 Å². The van der Waals surface area contributed by atoms with Gasteiger partial charge in [0, 0.05) is 22.8 Å². The molecular weight excluding hydrogens is 318 g/mol. The molecule has 1 aromatic rings. The highest BCUT2D eigenvalue weighted by Gasteiger charge is 2.27. The van der Waals surface area contributed by atoms with E-state index < -0.39 is 5.38 Å². The Labute approximate surface area is 119 Å². The van der Waals surface area contributed by atoms with Crippen molar-refractivity contribution >= 4 is 39.1 Å². The Balaban J connectivity index is 2.40. The van der Waals surface area contributed by atoms with Crippen molar-refractivity contribution < 1.29 is 9.53 Å². The van der Waals surface area contributed by atoms with Gasteiger partial charge in [-0.05, 0) is 40.5 Å². The van der Waals surface area contributed by atoms with Gasteiger partial charge in [-0.1, -0.05) is 6.08 Å². The molecule has 0 fully saturated rings. The van der Waals surface area contributed by atoms with Gasteiger partial charge in [0.2, 0.25) is 5.91 Å². The van der Waals surface area contributed by atoms with Crippen LogP contribution in [-0.4, -0.2) is 30.3 Å². The Morgan fingerprint density at radius 1 is 1.50 bits per heavy atom. The normalized spacial score (nSPS) is 19.8. The van der Waals surface area contributed by atoms with Crippen LogP contribution in [0.15, 0.2) is 28.7 Å². The van der Waals surface area contributed by atoms with Gasteiger partial charge in [-0.3, -0.25) is 4.79 Å². The number of rotatable bonds is 2. The monoisotopic (exact) mass is 329 g/mol. The Kier molecular flexibility index (Phi) is 3.97. The molecule has 96 valence electrons. The molecule has 18 heavy (non-hydrogen) atoms. The van der Waals surface area contributed by atoms with Crippen LogP contribution in [0.4, 0.5) is 0 Å². The highest BCUT2D eigenvalue weighted by molar-refractivity contribution is 9.10. The van der Waals surface area contributed by atoms with E-state index in [2.05, 4.69) is 15.9 Å².